The Morgan fingerprint density at radius 1 is 1.62 bits per heavy atom. The number of carbonyl (C=O) groups excluding carboxylic acids is 1. The third-order valence-corrected chi connectivity index (χ3v) is 2.86. The molecule has 0 saturated carbocycles. The fourth-order valence-corrected chi connectivity index (χ4v) is 1.49. The Balaban J connectivity index is 2.69. The van der Waals surface area contributed by atoms with Gasteiger partial charge in [-0.25, -0.2) is 0 Å². The van der Waals surface area contributed by atoms with E-state index in [0.717, 1.165) is 6.42 Å². The van der Waals surface area contributed by atoms with E-state index in [-0.39, 0.29) is 23.5 Å². The van der Waals surface area contributed by atoms with Crippen molar-refractivity contribution in [3.63, 3.8) is 0 Å². The number of furan rings is 1. The molecular weight excluding hydrogens is 230 g/mol. The second kappa shape index (κ2) is 5.37. The molecular formula is C11H16ClNO3. The molecule has 0 aliphatic rings. The molecule has 1 heterocycles. The topological polar surface area (TPSA) is 62.5 Å². The van der Waals surface area contributed by atoms with Crippen LogP contribution in [0, 0.1) is 0 Å². The van der Waals surface area contributed by atoms with Crippen molar-refractivity contribution in [3.8, 4) is 0 Å². The van der Waals surface area contributed by atoms with Crippen molar-refractivity contribution >= 4 is 17.5 Å². The van der Waals surface area contributed by atoms with E-state index in [2.05, 4.69) is 5.32 Å². The van der Waals surface area contributed by atoms with Crippen molar-refractivity contribution < 1.29 is 14.3 Å². The Bertz CT molecular complexity index is 364. The Morgan fingerprint density at radius 2 is 2.31 bits per heavy atom. The molecule has 1 aromatic heterocycles. The molecule has 4 nitrogen and oxygen atoms in total. The van der Waals surface area contributed by atoms with E-state index in [1.165, 1.54) is 12.1 Å². The second-order valence-electron chi connectivity index (χ2n) is 3.95. The van der Waals surface area contributed by atoms with Crippen LogP contribution in [0.5, 0.6) is 0 Å². The van der Waals surface area contributed by atoms with Gasteiger partial charge in [-0.15, -0.1) is 0 Å². The Kier molecular flexibility index (Phi) is 4.38. The largest absolute Gasteiger partial charge is 0.440 e. The Hall–Kier alpha value is -1.00. The first-order valence-electron chi connectivity index (χ1n) is 5.19. The van der Waals surface area contributed by atoms with E-state index in [9.17, 15) is 4.79 Å². The third-order valence-electron chi connectivity index (χ3n) is 2.66. The molecule has 0 spiro atoms. The zero-order valence-corrected chi connectivity index (χ0v) is 10.2. The predicted octanol–water partition coefficient (Wildman–Crippen LogP) is 2.21. The summed E-state index contributed by atoms with van der Waals surface area (Å²) in [6, 6.07) is 3.04. The lowest BCUT2D eigenvalue weighted by atomic mass is 9.95. The SMILES string of the molecule is CCC(C)(CCO)NC(=O)c1ccc(Cl)o1. The molecule has 0 aliphatic carbocycles. The molecule has 0 aliphatic heterocycles. The second-order valence-corrected chi connectivity index (χ2v) is 4.32. The van der Waals surface area contributed by atoms with Crippen LogP contribution in [0.1, 0.15) is 37.2 Å². The molecule has 1 rings (SSSR count). The lowest BCUT2D eigenvalue weighted by molar-refractivity contribution is 0.0857. The number of nitrogens with one attached hydrogen (secondary N) is 1. The van der Waals surface area contributed by atoms with Gasteiger partial charge in [0.1, 0.15) is 0 Å². The van der Waals surface area contributed by atoms with E-state index in [4.69, 9.17) is 21.1 Å². The number of carbonyl (C=O) groups is 1. The summed E-state index contributed by atoms with van der Waals surface area (Å²) < 4.78 is 5.00. The Labute approximate surface area is 99.6 Å². The van der Waals surface area contributed by atoms with E-state index in [1.807, 2.05) is 13.8 Å². The maximum absolute atomic E-state index is 11.8. The van der Waals surface area contributed by atoms with Crippen molar-refractivity contribution in [1.29, 1.82) is 0 Å². The summed E-state index contributed by atoms with van der Waals surface area (Å²) in [4.78, 5) is 11.8. The Morgan fingerprint density at radius 3 is 2.75 bits per heavy atom. The van der Waals surface area contributed by atoms with Gasteiger partial charge in [0.05, 0.1) is 0 Å². The van der Waals surface area contributed by atoms with Gasteiger partial charge in [-0.05, 0) is 43.5 Å². The van der Waals surface area contributed by atoms with Gasteiger partial charge in [-0.2, -0.15) is 0 Å². The van der Waals surface area contributed by atoms with Crippen LogP contribution in [0.15, 0.2) is 16.5 Å². The minimum absolute atomic E-state index is 0.0313. The van der Waals surface area contributed by atoms with Crippen LogP contribution in [0.25, 0.3) is 0 Å². The smallest absolute Gasteiger partial charge is 0.287 e. The standard InChI is InChI=1S/C11H16ClNO3/c1-3-11(2,6-7-14)13-10(15)8-4-5-9(12)16-8/h4-5,14H,3,6-7H2,1-2H3,(H,13,15). The number of rotatable bonds is 5. The molecule has 16 heavy (non-hydrogen) atoms. The fourth-order valence-electron chi connectivity index (χ4n) is 1.35. The summed E-state index contributed by atoms with van der Waals surface area (Å²) in [6.07, 6.45) is 1.23. The number of aliphatic hydroxyl groups is 1. The summed E-state index contributed by atoms with van der Waals surface area (Å²) in [5, 5.41) is 11.9. The molecule has 1 atom stereocenters. The van der Waals surface area contributed by atoms with Crippen molar-refractivity contribution in [3.05, 3.63) is 23.1 Å². The lowest BCUT2D eigenvalue weighted by Crippen LogP contribution is -2.46. The van der Waals surface area contributed by atoms with Gasteiger partial charge in [0.2, 0.25) is 0 Å². The zero-order valence-electron chi connectivity index (χ0n) is 9.42. The van der Waals surface area contributed by atoms with E-state index >= 15 is 0 Å². The summed E-state index contributed by atoms with van der Waals surface area (Å²) in [7, 11) is 0. The summed E-state index contributed by atoms with van der Waals surface area (Å²) in [5.41, 5.74) is -0.425. The van der Waals surface area contributed by atoms with Crippen molar-refractivity contribution in [1.82, 2.24) is 5.32 Å². The van der Waals surface area contributed by atoms with Crippen molar-refractivity contribution in [2.45, 2.75) is 32.2 Å². The van der Waals surface area contributed by atoms with E-state index in [0.29, 0.717) is 6.42 Å². The van der Waals surface area contributed by atoms with Gasteiger partial charge in [-0.1, -0.05) is 6.92 Å². The summed E-state index contributed by atoms with van der Waals surface area (Å²) in [5.74, 6) is -0.132. The summed E-state index contributed by atoms with van der Waals surface area (Å²) in [6.45, 7) is 3.86. The van der Waals surface area contributed by atoms with E-state index in [1.54, 1.807) is 0 Å². The van der Waals surface area contributed by atoms with Crippen LogP contribution in [0.3, 0.4) is 0 Å². The highest BCUT2D eigenvalue weighted by atomic mass is 35.5. The van der Waals surface area contributed by atoms with Crippen molar-refractivity contribution in [2.75, 3.05) is 6.61 Å². The molecule has 5 heteroatoms. The van der Waals surface area contributed by atoms with Gasteiger partial charge in [0.25, 0.3) is 5.91 Å². The molecule has 1 amide bonds. The molecule has 1 aromatic rings. The molecule has 0 fully saturated rings. The molecule has 90 valence electrons. The molecule has 1 unspecified atom stereocenters. The van der Waals surface area contributed by atoms with Crippen LogP contribution >= 0.6 is 11.6 Å². The van der Waals surface area contributed by atoms with E-state index < -0.39 is 5.54 Å². The number of amides is 1. The lowest BCUT2D eigenvalue weighted by Gasteiger charge is -2.28. The van der Waals surface area contributed by atoms with Crippen LogP contribution in [-0.4, -0.2) is 23.2 Å². The van der Waals surface area contributed by atoms with Crippen LogP contribution in [0.2, 0.25) is 5.22 Å². The molecule has 0 radical (unpaired) electrons. The maximum atomic E-state index is 11.8. The first-order valence-corrected chi connectivity index (χ1v) is 5.57. The highest BCUT2D eigenvalue weighted by Crippen LogP contribution is 2.17. The molecule has 0 bridgehead atoms. The predicted molar refractivity (Wildman–Crippen MR) is 61.6 cm³/mol. The average molecular weight is 246 g/mol. The van der Waals surface area contributed by atoms with Gasteiger partial charge in [0, 0.05) is 12.1 Å². The van der Waals surface area contributed by atoms with Crippen LogP contribution in [-0.2, 0) is 0 Å². The van der Waals surface area contributed by atoms with Crippen molar-refractivity contribution in [2.24, 2.45) is 0 Å². The number of hydrogen-bond donors (Lipinski definition) is 2. The summed E-state index contributed by atoms with van der Waals surface area (Å²) >= 11 is 5.58. The molecule has 0 aromatic carbocycles. The molecule has 2 N–H and O–H groups in total. The molecule has 0 saturated heterocycles. The number of aliphatic hydroxyl groups excluding tert-OH is 1. The minimum Gasteiger partial charge on any atom is -0.440 e. The monoisotopic (exact) mass is 245 g/mol. The van der Waals surface area contributed by atoms with Crippen LogP contribution in [0.4, 0.5) is 0 Å². The fraction of sp³-hybridized carbons (Fsp3) is 0.545. The zero-order chi connectivity index (χ0) is 12.2. The van der Waals surface area contributed by atoms with Gasteiger partial charge >= 0.3 is 0 Å². The third kappa shape index (κ3) is 3.25. The number of halogens is 1. The van der Waals surface area contributed by atoms with Gasteiger partial charge in [-0.3, -0.25) is 4.79 Å². The minimum atomic E-state index is -0.425. The van der Waals surface area contributed by atoms with Crippen LogP contribution < -0.4 is 5.32 Å². The number of hydrogen-bond acceptors (Lipinski definition) is 3. The first kappa shape index (κ1) is 13.1. The normalized spacial score (nSPS) is 14.5. The highest BCUT2D eigenvalue weighted by molar-refractivity contribution is 6.29. The van der Waals surface area contributed by atoms with Gasteiger partial charge in [0.15, 0.2) is 11.0 Å². The maximum Gasteiger partial charge on any atom is 0.287 e. The highest BCUT2D eigenvalue weighted by Gasteiger charge is 2.25. The first-order chi connectivity index (χ1) is 7.50. The average Bonchev–Trinajstić information content (AvgIpc) is 2.65. The quantitative estimate of drug-likeness (QED) is 0.836. The van der Waals surface area contributed by atoms with Gasteiger partial charge < -0.3 is 14.8 Å².